The fraction of sp³-hybridized carbons (Fsp3) is 0.500. The van der Waals surface area contributed by atoms with Crippen LogP contribution in [0, 0.1) is 10.1 Å². The second kappa shape index (κ2) is 7.89. The van der Waals surface area contributed by atoms with E-state index in [1.54, 1.807) is 0 Å². The first-order valence-corrected chi connectivity index (χ1v) is 6.20. The maximum atomic E-state index is 10.5. The molecule has 0 spiro atoms. The molecule has 0 unspecified atom stereocenters. The molecule has 0 aliphatic carbocycles. The highest BCUT2D eigenvalue weighted by Gasteiger charge is 2.09. The van der Waals surface area contributed by atoms with Gasteiger partial charge in [0.25, 0.3) is 5.69 Å². The minimum Gasteiger partial charge on any atom is -0.492 e. The van der Waals surface area contributed by atoms with Crippen molar-refractivity contribution in [3.8, 4) is 5.75 Å². The van der Waals surface area contributed by atoms with Crippen LogP contribution in [-0.2, 0) is 0 Å². The number of hydrogen-bond acceptors (Lipinski definition) is 4. The molecule has 100 valence electrons. The van der Waals surface area contributed by atoms with Gasteiger partial charge >= 0.3 is 0 Å². The van der Waals surface area contributed by atoms with E-state index in [9.17, 15) is 10.1 Å². The second-order valence-corrected chi connectivity index (χ2v) is 4.27. The van der Waals surface area contributed by atoms with E-state index in [0.29, 0.717) is 12.4 Å². The van der Waals surface area contributed by atoms with E-state index in [0.717, 1.165) is 25.7 Å². The molecule has 0 fully saturated rings. The molecule has 0 saturated heterocycles. The summed E-state index contributed by atoms with van der Waals surface area (Å²) in [4.78, 5) is 10.0. The summed E-state index contributed by atoms with van der Waals surface area (Å²) < 4.78 is 5.43. The van der Waals surface area contributed by atoms with E-state index in [2.05, 4.69) is 0 Å². The molecule has 0 amide bonds. The highest BCUT2D eigenvalue weighted by atomic mass is 35.5. The van der Waals surface area contributed by atoms with Gasteiger partial charge in [-0.3, -0.25) is 10.1 Å². The maximum Gasteiger partial charge on any atom is 0.271 e. The molecule has 0 aliphatic rings. The zero-order valence-corrected chi connectivity index (χ0v) is 10.7. The average molecular weight is 274 g/mol. The molecule has 1 aromatic carbocycles. The fourth-order valence-electron chi connectivity index (χ4n) is 1.47. The normalized spacial score (nSPS) is 10.3. The average Bonchev–Trinajstić information content (AvgIpc) is 2.35. The Kier molecular flexibility index (Phi) is 6.46. The Morgan fingerprint density at radius 1 is 1.28 bits per heavy atom. The fourth-order valence-corrected chi connectivity index (χ4v) is 1.70. The smallest absolute Gasteiger partial charge is 0.271 e. The van der Waals surface area contributed by atoms with Gasteiger partial charge in [-0.05, 0) is 25.3 Å². The molecule has 0 atom stereocenters. The van der Waals surface area contributed by atoms with Gasteiger partial charge < -0.3 is 9.84 Å². The largest absolute Gasteiger partial charge is 0.492 e. The van der Waals surface area contributed by atoms with Gasteiger partial charge in [0.2, 0.25) is 0 Å². The van der Waals surface area contributed by atoms with Crippen LogP contribution in [0.25, 0.3) is 0 Å². The van der Waals surface area contributed by atoms with Crippen molar-refractivity contribution >= 4 is 17.3 Å². The molecule has 0 aromatic heterocycles. The van der Waals surface area contributed by atoms with Crippen LogP contribution >= 0.6 is 11.6 Å². The number of rotatable bonds is 8. The highest BCUT2D eigenvalue weighted by Crippen LogP contribution is 2.28. The zero-order chi connectivity index (χ0) is 13.4. The van der Waals surface area contributed by atoms with E-state index in [-0.39, 0.29) is 17.3 Å². The summed E-state index contributed by atoms with van der Waals surface area (Å²) in [6.07, 6.45) is 3.62. The van der Waals surface area contributed by atoms with Gasteiger partial charge in [0.15, 0.2) is 0 Å². The Balaban J connectivity index is 2.36. The maximum absolute atomic E-state index is 10.5. The molecule has 0 heterocycles. The number of nitro benzene ring substituents is 1. The van der Waals surface area contributed by atoms with Gasteiger partial charge in [0.05, 0.1) is 16.6 Å². The minimum absolute atomic E-state index is 0.0460. The Morgan fingerprint density at radius 3 is 2.61 bits per heavy atom. The van der Waals surface area contributed by atoms with Crippen LogP contribution in [-0.4, -0.2) is 23.2 Å². The number of hydrogen-bond donors (Lipinski definition) is 1. The van der Waals surface area contributed by atoms with Crippen LogP contribution in [0.3, 0.4) is 0 Å². The molecule has 18 heavy (non-hydrogen) atoms. The van der Waals surface area contributed by atoms with E-state index < -0.39 is 4.92 Å². The number of unbranched alkanes of at least 4 members (excludes halogenated alkanes) is 3. The molecule has 6 heteroatoms. The third kappa shape index (κ3) is 4.89. The lowest BCUT2D eigenvalue weighted by atomic mass is 10.2. The summed E-state index contributed by atoms with van der Waals surface area (Å²) in [7, 11) is 0. The molecule has 1 N–H and O–H groups in total. The van der Waals surface area contributed by atoms with Crippen molar-refractivity contribution in [3.05, 3.63) is 33.3 Å². The number of ether oxygens (including phenoxy) is 1. The zero-order valence-electron chi connectivity index (χ0n) is 9.97. The van der Waals surface area contributed by atoms with Crippen LogP contribution in [0.2, 0.25) is 5.02 Å². The van der Waals surface area contributed by atoms with Gasteiger partial charge in [-0.1, -0.05) is 18.0 Å². The number of aliphatic hydroxyl groups excluding tert-OH is 1. The third-order valence-electron chi connectivity index (χ3n) is 2.44. The minimum atomic E-state index is -0.495. The molecule has 0 aliphatic heterocycles. The topological polar surface area (TPSA) is 72.6 Å². The van der Waals surface area contributed by atoms with Gasteiger partial charge in [-0.25, -0.2) is 0 Å². The predicted octanol–water partition coefficient (Wildman–Crippen LogP) is 3.18. The Hall–Kier alpha value is -1.33. The van der Waals surface area contributed by atoms with Gasteiger partial charge in [0, 0.05) is 18.7 Å². The Labute approximate surface area is 110 Å². The number of halogens is 1. The molecule has 1 rings (SSSR count). The summed E-state index contributed by atoms with van der Waals surface area (Å²) in [6.45, 7) is 0.734. The molecule has 1 aromatic rings. The first kappa shape index (κ1) is 14.7. The Morgan fingerprint density at radius 2 is 2.00 bits per heavy atom. The lowest BCUT2D eigenvalue weighted by Crippen LogP contribution is -1.98. The first-order valence-electron chi connectivity index (χ1n) is 5.82. The summed E-state index contributed by atoms with van der Waals surface area (Å²) in [5.74, 6) is 0.462. The van der Waals surface area contributed by atoms with Crippen molar-refractivity contribution < 1.29 is 14.8 Å². The predicted molar refractivity (Wildman–Crippen MR) is 69.2 cm³/mol. The number of aliphatic hydroxyl groups is 1. The van der Waals surface area contributed by atoms with Gasteiger partial charge in [-0.15, -0.1) is 0 Å². The van der Waals surface area contributed by atoms with E-state index in [1.807, 2.05) is 0 Å². The van der Waals surface area contributed by atoms with Crippen LogP contribution in [0.5, 0.6) is 5.75 Å². The molecule has 0 radical (unpaired) electrons. The number of nitrogens with zero attached hydrogens (tertiary/aromatic N) is 1. The van der Waals surface area contributed by atoms with Crippen LogP contribution in [0.1, 0.15) is 25.7 Å². The number of benzene rings is 1. The summed E-state index contributed by atoms with van der Waals surface area (Å²) in [6, 6.07) is 4.16. The second-order valence-electron chi connectivity index (χ2n) is 3.86. The van der Waals surface area contributed by atoms with Crippen molar-refractivity contribution in [1.82, 2.24) is 0 Å². The summed E-state index contributed by atoms with van der Waals surface area (Å²) in [5, 5.41) is 19.4. The van der Waals surface area contributed by atoms with E-state index >= 15 is 0 Å². The molecule has 5 nitrogen and oxygen atoms in total. The lowest BCUT2D eigenvalue weighted by molar-refractivity contribution is -0.384. The van der Waals surface area contributed by atoms with Crippen molar-refractivity contribution in [2.24, 2.45) is 0 Å². The van der Waals surface area contributed by atoms with Crippen molar-refractivity contribution in [1.29, 1.82) is 0 Å². The number of nitro groups is 1. The summed E-state index contributed by atoms with van der Waals surface area (Å²) >= 11 is 5.87. The van der Waals surface area contributed by atoms with Gasteiger partial charge in [0.1, 0.15) is 5.75 Å². The quantitative estimate of drug-likeness (QED) is 0.448. The van der Waals surface area contributed by atoms with Crippen molar-refractivity contribution in [2.45, 2.75) is 25.7 Å². The SMILES string of the molecule is O=[N+]([O-])c1ccc(OCCCCCCO)c(Cl)c1. The summed E-state index contributed by atoms with van der Waals surface area (Å²) in [5.41, 5.74) is -0.0460. The van der Waals surface area contributed by atoms with E-state index in [1.165, 1.54) is 18.2 Å². The Bertz CT molecular complexity index is 398. The molecular weight excluding hydrogens is 258 g/mol. The molecular formula is C12H16ClNO4. The molecule has 0 bridgehead atoms. The monoisotopic (exact) mass is 273 g/mol. The third-order valence-corrected chi connectivity index (χ3v) is 2.73. The number of non-ortho nitro benzene ring substituents is 1. The molecule has 0 saturated carbocycles. The standard InChI is InChI=1S/C12H16ClNO4/c13-11-9-10(14(16)17)5-6-12(11)18-8-4-2-1-3-7-15/h5-6,9,15H,1-4,7-8H2. The van der Waals surface area contributed by atoms with Crippen LogP contribution < -0.4 is 4.74 Å². The van der Waals surface area contributed by atoms with E-state index in [4.69, 9.17) is 21.4 Å². The van der Waals surface area contributed by atoms with Crippen molar-refractivity contribution in [2.75, 3.05) is 13.2 Å². The van der Waals surface area contributed by atoms with Crippen LogP contribution in [0.15, 0.2) is 18.2 Å². The van der Waals surface area contributed by atoms with Crippen molar-refractivity contribution in [3.63, 3.8) is 0 Å². The lowest BCUT2D eigenvalue weighted by Gasteiger charge is -2.07. The van der Waals surface area contributed by atoms with Crippen LogP contribution in [0.4, 0.5) is 5.69 Å². The highest BCUT2D eigenvalue weighted by molar-refractivity contribution is 6.32. The van der Waals surface area contributed by atoms with Gasteiger partial charge in [-0.2, -0.15) is 0 Å². The first-order chi connectivity index (χ1) is 8.65.